The van der Waals surface area contributed by atoms with Crippen molar-refractivity contribution in [1.29, 1.82) is 0 Å². The van der Waals surface area contributed by atoms with Gasteiger partial charge in [-0.2, -0.15) is 0 Å². The lowest BCUT2D eigenvalue weighted by atomic mass is 10.0. The Kier molecular flexibility index (Phi) is 8.07. The molecule has 0 saturated carbocycles. The van der Waals surface area contributed by atoms with E-state index >= 15 is 0 Å². The van der Waals surface area contributed by atoms with Crippen molar-refractivity contribution >= 4 is 43.4 Å². The third-order valence-corrected chi connectivity index (χ3v) is 5.57. The second-order valence-electron chi connectivity index (χ2n) is 6.92. The largest absolute Gasteiger partial charge is 0.294 e. The Labute approximate surface area is 208 Å². The molecule has 0 aliphatic heterocycles. The summed E-state index contributed by atoms with van der Waals surface area (Å²) < 4.78 is 17.8. The predicted octanol–water partition coefficient (Wildman–Crippen LogP) is 7.75. The Balaban J connectivity index is 0.000000192. The molecule has 32 heavy (non-hydrogen) atoms. The molecule has 4 aromatic carbocycles. The van der Waals surface area contributed by atoms with Crippen LogP contribution in [0.2, 0.25) is 0 Å². The molecule has 4 heteroatoms. The first-order valence-corrected chi connectivity index (χ1v) is 11.5. The van der Waals surface area contributed by atoms with Crippen LogP contribution in [0.1, 0.15) is 34.6 Å². The Morgan fingerprint density at radius 2 is 0.969 bits per heavy atom. The van der Waals surface area contributed by atoms with Crippen LogP contribution in [0.5, 0.6) is 0 Å². The molecule has 0 aliphatic rings. The van der Waals surface area contributed by atoms with E-state index < -0.39 is 12.2 Å². The molecule has 0 heterocycles. The minimum absolute atomic E-state index is 0.152. The van der Waals surface area contributed by atoms with Crippen molar-refractivity contribution in [3.8, 4) is 0 Å². The normalized spacial score (nSPS) is 11.4. The van der Waals surface area contributed by atoms with Crippen LogP contribution in [0, 0.1) is 0 Å². The fraction of sp³-hybridized carbons (Fsp3) is 0.0714. The number of rotatable bonds is 6. The van der Waals surface area contributed by atoms with Gasteiger partial charge >= 0.3 is 0 Å². The number of carbonyl (C=O) groups is 2. The summed E-state index contributed by atoms with van der Waals surface area (Å²) in [5.41, 5.74) is 2.55. The molecule has 0 amide bonds. The minimum atomic E-state index is -2.00. The van der Waals surface area contributed by atoms with Crippen LogP contribution < -0.4 is 0 Å². The van der Waals surface area contributed by atoms with Crippen LogP contribution in [0.15, 0.2) is 118 Å². The lowest BCUT2D eigenvalue weighted by molar-refractivity contribution is 0.0984. The minimum Gasteiger partial charge on any atom is -0.294 e. The summed E-state index contributed by atoms with van der Waals surface area (Å²) in [5.74, 6) is -0.375. The van der Waals surface area contributed by atoms with Crippen LogP contribution >= 0.6 is 31.9 Å². The smallest absolute Gasteiger partial charge is 0.167 e. The van der Waals surface area contributed by atoms with Crippen LogP contribution in [0.25, 0.3) is 0 Å². The van der Waals surface area contributed by atoms with Gasteiger partial charge in [-0.1, -0.05) is 117 Å². The van der Waals surface area contributed by atoms with Gasteiger partial charge in [0.15, 0.2) is 11.6 Å². The van der Waals surface area contributed by atoms with Crippen molar-refractivity contribution in [2.75, 3.05) is 0 Å². The maximum Gasteiger partial charge on any atom is 0.167 e. The molecule has 0 bridgehead atoms. The van der Waals surface area contributed by atoms with Crippen molar-refractivity contribution in [2.45, 2.75) is 12.8 Å². The SMILES string of the molecule is O=C(Cc1ccccc1)c1ccc(Br)cc1.[2H]C([2H])(C(=O)c1ccc(Br)cc1)c1ccccc1. The van der Waals surface area contributed by atoms with Gasteiger partial charge in [0.2, 0.25) is 0 Å². The molecule has 4 rings (SSSR count). The Morgan fingerprint density at radius 1 is 0.562 bits per heavy atom. The van der Waals surface area contributed by atoms with Gasteiger partial charge in [-0.15, -0.1) is 0 Å². The lowest BCUT2D eigenvalue weighted by Crippen LogP contribution is -2.02. The Hall–Kier alpha value is -2.82. The van der Waals surface area contributed by atoms with Gasteiger partial charge in [0.05, 0.1) is 0 Å². The zero-order chi connectivity index (χ0) is 24.6. The van der Waals surface area contributed by atoms with Gasteiger partial charge < -0.3 is 0 Å². The first-order chi connectivity index (χ1) is 16.3. The molecule has 0 N–H and O–H groups in total. The molecule has 0 fully saturated rings. The highest BCUT2D eigenvalue weighted by Crippen LogP contribution is 2.14. The summed E-state index contributed by atoms with van der Waals surface area (Å²) in [6, 6.07) is 32.4. The first kappa shape index (κ1) is 21.0. The van der Waals surface area contributed by atoms with E-state index in [1.165, 1.54) is 0 Å². The number of benzene rings is 4. The Morgan fingerprint density at radius 3 is 1.44 bits per heavy atom. The molecular weight excluding hydrogens is 528 g/mol. The van der Waals surface area contributed by atoms with Crippen LogP contribution in [-0.2, 0) is 12.8 Å². The average molecular weight is 552 g/mol. The molecule has 0 atom stereocenters. The van der Waals surface area contributed by atoms with E-state index in [1.54, 1.807) is 54.6 Å². The van der Waals surface area contributed by atoms with Gasteiger partial charge in [-0.25, -0.2) is 0 Å². The monoisotopic (exact) mass is 550 g/mol. The van der Waals surface area contributed by atoms with E-state index in [0.717, 1.165) is 20.1 Å². The summed E-state index contributed by atoms with van der Waals surface area (Å²) >= 11 is 6.63. The second kappa shape index (κ2) is 12.3. The number of hydrogen-bond donors (Lipinski definition) is 0. The van der Waals surface area contributed by atoms with E-state index in [2.05, 4.69) is 31.9 Å². The zero-order valence-corrected chi connectivity index (χ0v) is 20.3. The van der Waals surface area contributed by atoms with E-state index in [1.807, 2.05) is 54.6 Å². The second-order valence-corrected chi connectivity index (χ2v) is 8.75. The number of halogens is 2. The summed E-state index contributed by atoms with van der Waals surface area (Å²) in [5, 5.41) is 0. The molecule has 4 aromatic rings. The summed E-state index contributed by atoms with van der Waals surface area (Å²) in [6.45, 7) is 0. The number of Topliss-reactive ketones (excluding diaryl/α,β-unsaturated/α-hetero) is 2. The van der Waals surface area contributed by atoms with Crippen LogP contribution in [-0.4, -0.2) is 11.6 Å². The van der Waals surface area contributed by atoms with Crippen molar-refractivity contribution in [1.82, 2.24) is 0 Å². The maximum atomic E-state index is 12.2. The fourth-order valence-corrected chi connectivity index (χ4v) is 3.37. The molecule has 2 nitrogen and oxygen atoms in total. The molecule has 0 radical (unpaired) electrons. The fourth-order valence-electron chi connectivity index (χ4n) is 2.85. The highest BCUT2D eigenvalue weighted by atomic mass is 79.9. The topological polar surface area (TPSA) is 34.1 Å². The predicted molar refractivity (Wildman–Crippen MR) is 137 cm³/mol. The van der Waals surface area contributed by atoms with E-state index in [0.29, 0.717) is 17.5 Å². The summed E-state index contributed by atoms with van der Waals surface area (Å²) in [6.07, 6.45) is -1.54. The Bertz CT molecular complexity index is 1230. The molecular formula is C28H22Br2O2. The van der Waals surface area contributed by atoms with Crippen LogP contribution in [0.4, 0.5) is 0 Å². The third kappa shape index (κ3) is 7.70. The number of hydrogen-bond acceptors (Lipinski definition) is 2. The van der Waals surface area contributed by atoms with Gasteiger partial charge in [0.1, 0.15) is 0 Å². The number of ketones is 2. The average Bonchev–Trinajstić information content (AvgIpc) is 2.86. The maximum absolute atomic E-state index is 12.2. The van der Waals surface area contributed by atoms with E-state index in [9.17, 15) is 9.59 Å². The first-order valence-electron chi connectivity index (χ1n) is 11.0. The molecule has 0 aliphatic carbocycles. The van der Waals surface area contributed by atoms with Crippen LogP contribution in [0.3, 0.4) is 0 Å². The summed E-state index contributed by atoms with van der Waals surface area (Å²) in [7, 11) is 0. The molecule has 0 saturated heterocycles. The van der Waals surface area contributed by atoms with Crippen molar-refractivity contribution in [3.05, 3.63) is 140 Å². The highest BCUT2D eigenvalue weighted by molar-refractivity contribution is 9.10. The van der Waals surface area contributed by atoms with Crippen molar-refractivity contribution < 1.29 is 12.3 Å². The molecule has 0 unspecified atom stereocenters. The molecule has 0 aromatic heterocycles. The van der Waals surface area contributed by atoms with Gasteiger partial charge in [-0.3, -0.25) is 9.59 Å². The van der Waals surface area contributed by atoms with E-state index in [4.69, 9.17) is 2.74 Å². The molecule has 0 spiro atoms. The highest BCUT2D eigenvalue weighted by Gasteiger charge is 2.07. The lowest BCUT2D eigenvalue weighted by Gasteiger charge is -2.01. The van der Waals surface area contributed by atoms with Crippen molar-refractivity contribution in [2.24, 2.45) is 0 Å². The standard InChI is InChI=1S/2C14H11BrO/c2*15-13-8-6-12(7-9-13)14(16)10-11-4-2-1-3-5-11/h2*1-9H,10H2/i10D2;. The number of carbonyl (C=O) groups excluding carboxylic acids is 2. The van der Waals surface area contributed by atoms with Gasteiger partial charge in [-0.05, 0) is 35.4 Å². The van der Waals surface area contributed by atoms with Crippen molar-refractivity contribution in [3.63, 3.8) is 0 Å². The van der Waals surface area contributed by atoms with Gasteiger partial charge in [0, 0.05) is 35.6 Å². The summed E-state index contributed by atoms with van der Waals surface area (Å²) in [4.78, 5) is 24.1. The quantitative estimate of drug-likeness (QED) is 0.229. The van der Waals surface area contributed by atoms with Gasteiger partial charge in [0.25, 0.3) is 0 Å². The van der Waals surface area contributed by atoms with E-state index in [-0.39, 0.29) is 5.78 Å². The molecule has 160 valence electrons. The zero-order valence-electron chi connectivity index (χ0n) is 19.2. The third-order valence-electron chi connectivity index (χ3n) is 4.51.